The monoisotopic (exact) mass is 770 g/mol. The van der Waals surface area contributed by atoms with E-state index in [1.807, 2.05) is 0 Å². The van der Waals surface area contributed by atoms with Crippen LogP contribution in [0.5, 0.6) is 0 Å². The molecule has 1 aliphatic carbocycles. The van der Waals surface area contributed by atoms with Crippen LogP contribution < -0.4 is 9.80 Å². The summed E-state index contributed by atoms with van der Waals surface area (Å²) in [5.74, 6) is 0. The second-order valence-electron chi connectivity index (χ2n) is 16.3. The fourth-order valence-electron chi connectivity index (χ4n) is 9.70. The van der Waals surface area contributed by atoms with Crippen molar-refractivity contribution in [1.29, 1.82) is 0 Å². The van der Waals surface area contributed by atoms with Gasteiger partial charge in [-0.3, -0.25) is 0 Å². The van der Waals surface area contributed by atoms with Crippen LogP contribution in [-0.2, 0) is 6.42 Å². The average Bonchev–Trinajstić information content (AvgIpc) is 3.96. The molecule has 0 saturated heterocycles. The van der Waals surface area contributed by atoms with Gasteiger partial charge in [-0.15, -0.1) is 0 Å². The van der Waals surface area contributed by atoms with E-state index in [1.165, 1.54) is 99.9 Å². The van der Waals surface area contributed by atoms with Crippen LogP contribution in [0.3, 0.4) is 0 Å². The lowest BCUT2D eigenvalue weighted by molar-refractivity contribution is 0.884. The molecule has 2 heterocycles. The van der Waals surface area contributed by atoms with Gasteiger partial charge in [-0.1, -0.05) is 164 Å². The first kappa shape index (κ1) is 36.0. The molecule has 8 aromatic rings. The summed E-state index contributed by atoms with van der Waals surface area (Å²) in [6.45, 7) is 2.10. The molecule has 0 atom stereocenters. The number of benzene rings is 8. The number of hydrogen-bond acceptors (Lipinski definition) is 2. The maximum absolute atomic E-state index is 2.52. The Morgan fingerprint density at radius 2 is 0.900 bits per heavy atom. The molecular weight excluding hydrogens is 725 g/mol. The Bertz CT molecular complexity index is 3000. The second-order valence-corrected chi connectivity index (χ2v) is 16.3. The number of allylic oxidation sites excluding steroid dienone is 3. The minimum absolute atomic E-state index is 1.03. The number of para-hydroxylation sites is 1. The fourth-order valence-corrected chi connectivity index (χ4v) is 9.70. The average molecular weight is 771 g/mol. The molecule has 3 aliphatic rings. The highest BCUT2D eigenvalue weighted by molar-refractivity contribution is 6.22. The molecule has 2 aliphatic heterocycles. The van der Waals surface area contributed by atoms with E-state index >= 15 is 0 Å². The predicted octanol–water partition coefficient (Wildman–Crippen LogP) is 15.2. The standard InChI is InChI=1S/C58H46N2/c1-3-13-47(14-4-1)57-51-33-27-43(21-19-41-23-29-49(30-24-41)59-37-35-45-11-7-9-17-55(45)59)39-53(51)54-40-44(28-34-52(54)58(57)48-15-5-2-6-16-48)22-20-42-25-31-50(32-26-42)60-38-36-46-12-8-10-18-56(46)60/h1-9,11-17,19-34,39-40H,10,18,35-38H2/b21-19+,22-20+. The third-order valence-corrected chi connectivity index (χ3v) is 12.7. The molecule has 0 N–H and O–H groups in total. The van der Waals surface area contributed by atoms with Crippen molar-refractivity contribution in [2.24, 2.45) is 0 Å². The zero-order chi connectivity index (χ0) is 39.8. The molecule has 0 amide bonds. The molecule has 11 rings (SSSR count). The van der Waals surface area contributed by atoms with Gasteiger partial charge in [0.25, 0.3) is 0 Å². The molecule has 0 saturated carbocycles. The molecule has 0 spiro atoms. The summed E-state index contributed by atoms with van der Waals surface area (Å²) in [6.07, 6.45) is 18.2. The Hall–Kier alpha value is -7.16. The first-order valence-electron chi connectivity index (χ1n) is 21.5. The third-order valence-electron chi connectivity index (χ3n) is 12.7. The van der Waals surface area contributed by atoms with Gasteiger partial charge in [0, 0.05) is 35.8 Å². The fraction of sp³-hybridized carbons (Fsp3) is 0.103. The smallest absolute Gasteiger partial charge is 0.0444 e. The molecule has 288 valence electrons. The van der Waals surface area contributed by atoms with Gasteiger partial charge in [0.15, 0.2) is 0 Å². The van der Waals surface area contributed by atoms with Crippen molar-refractivity contribution in [3.63, 3.8) is 0 Å². The van der Waals surface area contributed by atoms with Crippen molar-refractivity contribution in [3.8, 4) is 22.3 Å². The highest BCUT2D eigenvalue weighted by Crippen LogP contribution is 2.45. The predicted molar refractivity (Wildman–Crippen MR) is 258 cm³/mol. The molecule has 0 bridgehead atoms. The van der Waals surface area contributed by atoms with Crippen molar-refractivity contribution < 1.29 is 0 Å². The molecular formula is C58H46N2. The summed E-state index contributed by atoms with van der Waals surface area (Å²) >= 11 is 0. The van der Waals surface area contributed by atoms with Crippen molar-refractivity contribution >= 4 is 62.9 Å². The highest BCUT2D eigenvalue weighted by Gasteiger charge is 2.24. The maximum Gasteiger partial charge on any atom is 0.0444 e. The zero-order valence-corrected chi connectivity index (χ0v) is 33.8. The highest BCUT2D eigenvalue weighted by atomic mass is 15.2. The molecule has 2 nitrogen and oxygen atoms in total. The second kappa shape index (κ2) is 15.5. The lowest BCUT2D eigenvalue weighted by Crippen LogP contribution is -2.18. The quantitative estimate of drug-likeness (QED) is 0.112. The van der Waals surface area contributed by atoms with Gasteiger partial charge in [-0.25, -0.2) is 0 Å². The summed E-state index contributed by atoms with van der Waals surface area (Å²) < 4.78 is 0. The van der Waals surface area contributed by atoms with Crippen LogP contribution >= 0.6 is 0 Å². The molecule has 60 heavy (non-hydrogen) atoms. The number of hydrogen-bond donors (Lipinski definition) is 0. The van der Waals surface area contributed by atoms with Crippen LogP contribution in [-0.4, -0.2) is 13.1 Å². The van der Waals surface area contributed by atoms with E-state index in [0.29, 0.717) is 0 Å². The Morgan fingerprint density at radius 1 is 0.400 bits per heavy atom. The molecule has 0 fully saturated rings. The van der Waals surface area contributed by atoms with E-state index < -0.39 is 0 Å². The Kier molecular flexibility index (Phi) is 9.32. The maximum atomic E-state index is 2.52. The van der Waals surface area contributed by atoms with Gasteiger partial charge in [0.2, 0.25) is 0 Å². The van der Waals surface area contributed by atoms with E-state index in [4.69, 9.17) is 0 Å². The SMILES string of the molecule is C1=CC2=C(CC1)N(c1ccc(/C=C/c3ccc4c(-c5ccccc5)c(-c5ccccc5)c5ccc(/C=C/c6ccc(N7CCc8ccccc87)cc6)cc5c4c3)cc1)CC2. The summed E-state index contributed by atoms with van der Waals surface area (Å²) in [7, 11) is 0. The minimum atomic E-state index is 1.03. The largest absolute Gasteiger partial charge is 0.344 e. The van der Waals surface area contributed by atoms with E-state index in [0.717, 1.165) is 38.8 Å². The lowest BCUT2D eigenvalue weighted by atomic mass is 9.84. The Morgan fingerprint density at radius 3 is 1.50 bits per heavy atom. The van der Waals surface area contributed by atoms with Crippen LogP contribution in [0.2, 0.25) is 0 Å². The van der Waals surface area contributed by atoms with Gasteiger partial charge in [-0.2, -0.15) is 0 Å². The van der Waals surface area contributed by atoms with E-state index in [2.05, 4.69) is 216 Å². The molecule has 0 radical (unpaired) electrons. The van der Waals surface area contributed by atoms with E-state index in [-0.39, 0.29) is 0 Å². The van der Waals surface area contributed by atoms with Crippen molar-refractivity contribution in [2.75, 3.05) is 22.9 Å². The summed E-state index contributed by atoms with van der Waals surface area (Å²) in [5.41, 5.74) is 18.1. The molecule has 8 aromatic carbocycles. The number of anilines is 3. The van der Waals surface area contributed by atoms with Crippen molar-refractivity contribution in [1.82, 2.24) is 0 Å². The summed E-state index contributed by atoms with van der Waals surface area (Å²) in [5, 5.41) is 5.02. The normalized spacial score (nSPS) is 14.9. The van der Waals surface area contributed by atoms with Gasteiger partial charge < -0.3 is 9.80 Å². The lowest BCUT2D eigenvalue weighted by Gasteiger charge is -2.23. The number of nitrogens with zero attached hydrogens (tertiary/aromatic N) is 2. The number of fused-ring (bicyclic) bond motifs is 4. The van der Waals surface area contributed by atoms with Crippen LogP contribution in [0.4, 0.5) is 17.1 Å². The van der Waals surface area contributed by atoms with Crippen LogP contribution in [0, 0.1) is 0 Å². The summed E-state index contributed by atoms with van der Waals surface area (Å²) in [6, 6.07) is 62.7. The van der Waals surface area contributed by atoms with Crippen LogP contribution in [0.25, 0.3) is 68.1 Å². The van der Waals surface area contributed by atoms with Crippen molar-refractivity contribution in [2.45, 2.75) is 25.7 Å². The third kappa shape index (κ3) is 6.74. The van der Waals surface area contributed by atoms with E-state index in [9.17, 15) is 0 Å². The van der Waals surface area contributed by atoms with Crippen LogP contribution in [0.15, 0.2) is 193 Å². The molecule has 0 unspecified atom stereocenters. The topological polar surface area (TPSA) is 6.48 Å². The molecule has 2 heteroatoms. The van der Waals surface area contributed by atoms with Gasteiger partial charge in [0.05, 0.1) is 0 Å². The van der Waals surface area contributed by atoms with Gasteiger partial charge in [-0.05, 0) is 145 Å². The Labute approximate surface area is 353 Å². The number of rotatable bonds is 8. The van der Waals surface area contributed by atoms with E-state index in [1.54, 1.807) is 0 Å². The van der Waals surface area contributed by atoms with Gasteiger partial charge in [0.1, 0.15) is 0 Å². The first-order chi connectivity index (χ1) is 29.7. The van der Waals surface area contributed by atoms with Crippen LogP contribution in [0.1, 0.15) is 47.1 Å². The molecule has 0 aromatic heterocycles. The van der Waals surface area contributed by atoms with Crippen molar-refractivity contribution in [3.05, 3.63) is 221 Å². The van der Waals surface area contributed by atoms with Gasteiger partial charge >= 0.3 is 0 Å². The summed E-state index contributed by atoms with van der Waals surface area (Å²) in [4.78, 5) is 4.95. The zero-order valence-electron chi connectivity index (χ0n) is 33.8. The first-order valence-corrected chi connectivity index (χ1v) is 21.5. The Balaban J connectivity index is 0.972. The minimum Gasteiger partial charge on any atom is -0.344 e.